The molecule has 0 aliphatic heterocycles. The zero-order chi connectivity index (χ0) is 15.2. The van der Waals surface area contributed by atoms with Gasteiger partial charge < -0.3 is 9.84 Å². The molecule has 1 amide bonds. The Bertz CT molecular complexity index is 664. The lowest BCUT2D eigenvalue weighted by Gasteiger charge is -2.04. The highest BCUT2D eigenvalue weighted by molar-refractivity contribution is 5.93. The average Bonchev–Trinajstić information content (AvgIpc) is 2.88. The average molecular weight is 288 g/mol. The molecule has 3 N–H and O–H groups in total. The molecule has 0 aliphatic rings. The van der Waals surface area contributed by atoms with Crippen LogP contribution in [0.3, 0.4) is 0 Å². The lowest BCUT2D eigenvalue weighted by molar-refractivity contribution is 0.0950. The standard InChI is InChI=1S/C14H16N4O3/c1-3-21-11-5-4-10(13(19)7-11)8-15-18-14(20)12-6-9(2)16-17-12/h4-8,19H,3H2,1-2H3,(H,16,17)(H,18,20). The predicted octanol–water partition coefficient (Wildman–Crippen LogP) is 1.59. The fourth-order valence-corrected chi connectivity index (χ4v) is 1.64. The molecule has 0 spiro atoms. The first-order valence-electron chi connectivity index (χ1n) is 6.41. The molecular formula is C14H16N4O3. The smallest absolute Gasteiger partial charge is 0.291 e. The van der Waals surface area contributed by atoms with Crippen molar-refractivity contribution in [1.29, 1.82) is 0 Å². The molecule has 0 atom stereocenters. The molecule has 110 valence electrons. The van der Waals surface area contributed by atoms with Gasteiger partial charge in [0.15, 0.2) is 5.69 Å². The number of hydrazone groups is 1. The summed E-state index contributed by atoms with van der Waals surface area (Å²) < 4.78 is 5.26. The van der Waals surface area contributed by atoms with E-state index in [4.69, 9.17) is 4.74 Å². The summed E-state index contributed by atoms with van der Waals surface area (Å²) >= 11 is 0. The van der Waals surface area contributed by atoms with Gasteiger partial charge in [-0.25, -0.2) is 5.43 Å². The largest absolute Gasteiger partial charge is 0.507 e. The van der Waals surface area contributed by atoms with Gasteiger partial charge in [-0.3, -0.25) is 9.89 Å². The van der Waals surface area contributed by atoms with Crippen LogP contribution in [0, 0.1) is 6.92 Å². The molecule has 7 heteroatoms. The molecule has 7 nitrogen and oxygen atoms in total. The summed E-state index contributed by atoms with van der Waals surface area (Å²) in [4.78, 5) is 11.7. The Morgan fingerprint density at radius 2 is 2.33 bits per heavy atom. The van der Waals surface area contributed by atoms with Crippen molar-refractivity contribution in [2.45, 2.75) is 13.8 Å². The number of benzene rings is 1. The minimum absolute atomic E-state index is 0.0227. The van der Waals surface area contributed by atoms with E-state index >= 15 is 0 Å². The second-order valence-corrected chi connectivity index (χ2v) is 4.29. The molecular weight excluding hydrogens is 272 g/mol. The van der Waals surface area contributed by atoms with E-state index in [0.717, 1.165) is 5.69 Å². The summed E-state index contributed by atoms with van der Waals surface area (Å²) in [5.74, 6) is 0.166. The highest BCUT2D eigenvalue weighted by atomic mass is 16.5. The van der Waals surface area contributed by atoms with E-state index in [2.05, 4.69) is 20.7 Å². The van der Waals surface area contributed by atoms with Gasteiger partial charge in [-0.05, 0) is 32.0 Å². The molecule has 0 aliphatic carbocycles. The lowest BCUT2D eigenvalue weighted by atomic mass is 10.2. The number of aromatic hydroxyl groups is 1. The highest BCUT2D eigenvalue weighted by Crippen LogP contribution is 2.22. The first-order valence-corrected chi connectivity index (χ1v) is 6.41. The van der Waals surface area contributed by atoms with Crippen LogP contribution in [0.1, 0.15) is 28.7 Å². The quantitative estimate of drug-likeness (QED) is 0.574. The van der Waals surface area contributed by atoms with Crippen LogP contribution < -0.4 is 10.2 Å². The summed E-state index contributed by atoms with van der Waals surface area (Å²) in [7, 11) is 0. The molecule has 2 aromatic rings. The maximum Gasteiger partial charge on any atom is 0.291 e. The maximum absolute atomic E-state index is 11.7. The van der Waals surface area contributed by atoms with Gasteiger partial charge in [0.1, 0.15) is 11.5 Å². The third kappa shape index (κ3) is 3.82. The molecule has 21 heavy (non-hydrogen) atoms. The van der Waals surface area contributed by atoms with Gasteiger partial charge >= 0.3 is 0 Å². The van der Waals surface area contributed by atoms with Crippen LogP contribution in [-0.2, 0) is 0 Å². The summed E-state index contributed by atoms with van der Waals surface area (Å²) in [5, 5.41) is 20.1. The number of phenolic OH excluding ortho intramolecular Hbond substituents is 1. The number of H-pyrrole nitrogens is 1. The molecule has 0 unspecified atom stereocenters. The van der Waals surface area contributed by atoms with E-state index in [1.807, 2.05) is 6.92 Å². The Hall–Kier alpha value is -2.83. The van der Waals surface area contributed by atoms with Gasteiger partial charge in [0.05, 0.1) is 12.8 Å². The predicted molar refractivity (Wildman–Crippen MR) is 77.7 cm³/mol. The maximum atomic E-state index is 11.7. The van der Waals surface area contributed by atoms with E-state index in [1.54, 1.807) is 25.1 Å². The Labute approximate surface area is 121 Å². The molecule has 1 heterocycles. The molecule has 2 rings (SSSR count). The Morgan fingerprint density at radius 1 is 1.52 bits per heavy atom. The van der Waals surface area contributed by atoms with Crippen LogP contribution in [0.15, 0.2) is 29.4 Å². The van der Waals surface area contributed by atoms with Gasteiger partial charge in [-0.1, -0.05) is 0 Å². The zero-order valence-electron chi connectivity index (χ0n) is 11.8. The molecule has 0 saturated carbocycles. The van der Waals surface area contributed by atoms with E-state index in [1.165, 1.54) is 12.3 Å². The van der Waals surface area contributed by atoms with Crippen molar-refractivity contribution in [3.63, 3.8) is 0 Å². The number of ether oxygens (including phenoxy) is 1. The van der Waals surface area contributed by atoms with Crippen LogP contribution in [0.25, 0.3) is 0 Å². The van der Waals surface area contributed by atoms with E-state index < -0.39 is 5.91 Å². The summed E-state index contributed by atoms with van der Waals surface area (Å²) in [6.07, 6.45) is 1.35. The van der Waals surface area contributed by atoms with Gasteiger partial charge in [-0.2, -0.15) is 10.2 Å². The number of aromatic amines is 1. The Morgan fingerprint density at radius 3 is 2.95 bits per heavy atom. The first-order chi connectivity index (χ1) is 10.1. The fourth-order valence-electron chi connectivity index (χ4n) is 1.64. The van der Waals surface area contributed by atoms with Crippen molar-refractivity contribution in [1.82, 2.24) is 15.6 Å². The number of aromatic nitrogens is 2. The minimum Gasteiger partial charge on any atom is -0.507 e. The monoisotopic (exact) mass is 288 g/mol. The Balaban J connectivity index is 1.99. The van der Waals surface area contributed by atoms with Gasteiger partial charge in [0, 0.05) is 17.3 Å². The summed E-state index contributed by atoms with van der Waals surface area (Å²) in [6, 6.07) is 6.46. The van der Waals surface area contributed by atoms with Crippen molar-refractivity contribution in [2.24, 2.45) is 5.10 Å². The number of carbonyl (C=O) groups excluding carboxylic acids is 1. The molecule has 0 saturated heterocycles. The molecule has 0 radical (unpaired) electrons. The third-order valence-electron chi connectivity index (χ3n) is 2.62. The van der Waals surface area contributed by atoms with Crippen LogP contribution in [-0.4, -0.2) is 34.0 Å². The number of phenols is 1. The zero-order valence-corrected chi connectivity index (χ0v) is 11.8. The number of nitrogens with one attached hydrogen (secondary N) is 2. The highest BCUT2D eigenvalue weighted by Gasteiger charge is 2.07. The fraction of sp³-hybridized carbons (Fsp3) is 0.214. The number of hydrogen-bond acceptors (Lipinski definition) is 5. The number of amides is 1. The normalized spacial score (nSPS) is 10.8. The van der Waals surface area contributed by atoms with Gasteiger partial charge in [0.2, 0.25) is 0 Å². The molecule has 0 fully saturated rings. The molecule has 1 aromatic carbocycles. The first kappa shape index (κ1) is 14.6. The van der Waals surface area contributed by atoms with Crippen molar-refractivity contribution < 1.29 is 14.6 Å². The van der Waals surface area contributed by atoms with Crippen molar-refractivity contribution in [3.8, 4) is 11.5 Å². The van der Waals surface area contributed by atoms with E-state index in [0.29, 0.717) is 17.9 Å². The van der Waals surface area contributed by atoms with Crippen LogP contribution >= 0.6 is 0 Å². The lowest BCUT2D eigenvalue weighted by Crippen LogP contribution is -2.18. The number of carbonyl (C=O) groups is 1. The van der Waals surface area contributed by atoms with Crippen LogP contribution in [0.2, 0.25) is 0 Å². The topological polar surface area (TPSA) is 99.6 Å². The minimum atomic E-state index is -0.430. The number of aryl methyl sites for hydroxylation is 1. The molecule has 1 aromatic heterocycles. The summed E-state index contributed by atoms with van der Waals surface area (Å²) in [5.41, 5.74) is 3.84. The van der Waals surface area contributed by atoms with Crippen LogP contribution in [0.5, 0.6) is 11.5 Å². The van der Waals surface area contributed by atoms with Crippen LogP contribution in [0.4, 0.5) is 0 Å². The van der Waals surface area contributed by atoms with Crippen molar-refractivity contribution >= 4 is 12.1 Å². The van der Waals surface area contributed by atoms with Gasteiger partial charge in [0.25, 0.3) is 5.91 Å². The number of nitrogens with zero attached hydrogens (tertiary/aromatic N) is 2. The summed E-state index contributed by atoms with van der Waals surface area (Å²) in [6.45, 7) is 4.18. The van der Waals surface area contributed by atoms with E-state index in [9.17, 15) is 9.90 Å². The second kappa shape index (κ2) is 6.56. The molecule has 0 bridgehead atoms. The van der Waals surface area contributed by atoms with Crippen molar-refractivity contribution in [2.75, 3.05) is 6.61 Å². The van der Waals surface area contributed by atoms with E-state index in [-0.39, 0.29) is 11.4 Å². The number of hydrogen-bond donors (Lipinski definition) is 3. The third-order valence-corrected chi connectivity index (χ3v) is 2.62. The Kier molecular flexibility index (Phi) is 4.55. The SMILES string of the molecule is CCOc1ccc(C=NNC(=O)c2cc(C)[nH]n2)c(O)c1. The second-order valence-electron chi connectivity index (χ2n) is 4.29. The van der Waals surface area contributed by atoms with Gasteiger partial charge in [-0.15, -0.1) is 0 Å². The number of rotatable bonds is 5. The van der Waals surface area contributed by atoms with Crippen molar-refractivity contribution in [3.05, 3.63) is 41.2 Å².